The van der Waals surface area contributed by atoms with Crippen LogP contribution in [0.3, 0.4) is 0 Å². The molecule has 3 rings (SSSR count). The van der Waals surface area contributed by atoms with E-state index in [1.807, 2.05) is 0 Å². The zero-order valence-corrected chi connectivity index (χ0v) is 10.3. The molecule has 0 fully saturated rings. The van der Waals surface area contributed by atoms with Crippen molar-refractivity contribution in [3.63, 3.8) is 0 Å². The lowest BCUT2D eigenvalue weighted by atomic mass is 9.96. The molecule has 1 aliphatic rings. The van der Waals surface area contributed by atoms with Crippen molar-refractivity contribution in [2.24, 2.45) is 5.73 Å². The van der Waals surface area contributed by atoms with Crippen LogP contribution in [0.4, 0.5) is 0 Å². The largest absolute Gasteiger partial charge is 0.507 e. The lowest BCUT2D eigenvalue weighted by Gasteiger charge is -2.13. The molecule has 1 aromatic carbocycles. The number of ketones is 2. The minimum atomic E-state index is -0.475. The van der Waals surface area contributed by atoms with Crippen molar-refractivity contribution in [3.05, 3.63) is 59.4 Å². The molecule has 0 amide bonds. The van der Waals surface area contributed by atoms with Gasteiger partial charge in [-0.15, -0.1) is 0 Å². The molecule has 0 spiro atoms. The van der Waals surface area contributed by atoms with Crippen molar-refractivity contribution in [1.82, 2.24) is 4.98 Å². The number of nitrogens with two attached hydrogens (primary N) is 1. The third-order valence-corrected chi connectivity index (χ3v) is 3.10. The van der Waals surface area contributed by atoms with Crippen molar-refractivity contribution in [2.45, 2.75) is 0 Å². The molecule has 1 aromatic heterocycles. The summed E-state index contributed by atoms with van der Waals surface area (Å²) in [4.78, 5) is 27.9. The minimum absolute atomic E-state index is 0.0238. The van der Waals surface area contributed by atoms with Gasteiger partial charge in [-0.05, 0) is 24.3 Å². The summed E-state index contributed by atoms with van der Waals surface area (Å²) in [5.74, 6) is -0.761. The molecule has 3 N–H and O–H groups in total. The highest BCUT2D eigenvalue weighted by atomic mass is 16.3. The van der Waals surface area contributed by atoms with E-state index in [0.29, 0.717) is 11.3 Å². The highest BCUT2D eigenvalue weighted by molar-refractivity contribution is 6.23. The van der Waals surface area contributed by atoms with Gasteiger partial charge in [0.05, 0.1) is 17.0 Å². The summed E-state index contributed by atoms with van der Waals surface area (Å²) in [7, 11) is 0. The lowest BCUT2D eigenvalue weighted by molar-refractivity contribution is 0.0979. The predicted octanol–water partition coefficient (Wildman–Crippen LogP) is 1.68. The van der Waals surface area contributed by atoms with Gasteiger partial charge in [0, 0.05) is 11.6 Å². The lowest BCUT2D eigenvalue weighted by Crippen LogP contribution is -2.23. The highest BCUT2D eigenvalue weighted by Gasteiger charge is 2.26. The number of rotatable bonds is 1. The molecule has 5 nitrogen and oxygen atoms in total. The van der Waals surface area contributed by atoms with Gasteiger partial charge in [-0.25, -0.2) is 4.98 Å². The second-order valence-electron chi connectivity index (χ2n) is 4.40. The summed E-state index contributed by atoms with van der Waals surface area (Å²) >= 11 is 0. The Balaban J connectivity index is 2.19. The molecule has 1 aliphatic carbocycles. The van der Waals surface area contributed by atoms with Gasteiger partial charge in [-0.3, -0.25) is 9.59 Å². The number of Topliss-reactive ketones (excluding diaryl/α,β-unsaturated/α-hetero) is 1. The number of benzene rings is 1. The van der Waals surface area contributed by atoms with Gasteiger partial charge in [0.1, 0.15) is 11.4 Å². The van der Waals surface area contributed by atoms with Crippen LogP contribution in [0.2, 0.25) is 0 Å². The molecule has 0 radical (unpaired) electrons. The van der Waals surface area contributed by atoms with Crippen LogP contribution >= 0.6 is 0 Å². The van der Waals surface area contributed by atoms with Crippen molar-refractivity contribution < 1.29 is 14.7 Å². The Morgan fingerprint density at radius 2 is 1.75 bits per heavy atom. The second kappa shape index (κ2) is 4.31. The van der Waals surface area contributed by atoms with Gasteiger partial charge in [-0.1, -0.05) is 12.1 Å². The van der Waals surface area contributed by atoms with Crippen LogP contribution in [0.25, 0.3) is 11.3 Å². The Bertz CT molecular complexity index is 778. The van der Waals surface area contributed by atoms with E-state index in [4.69, 9.17) is 5.73 Å². The number of aromatic hydroxyl groups is 1. The van der Waals surface area contributed by atoms with Gasteiger partial charge in [0.15, 0.2) is 5.78 Å². The standard InChI is InChI=1S/C15H10N2O3/c16-10-7-13(19)9-5-6-11(17-14(9)15(10)20)8-3-1-2-4-12(8)18/h1-7,18H,16H2. The number of para-hydroxylation sites is 1. The molecule has 0 atom stereocenters. The Hall–Kier alpha value is -2.95. The molecule has 0 bridgehead atoms. The maximum absolute atomic E-state index is 12.0. The average Bonchev–Trinajstić information content (AvgIpc) is 2.45. The van der Waals surface area contributed by atoms with Gasteiger partial charge >= 0.3 is 0 Å². The van der Waals surface area contributed by atoms with Crippen LogP contribution in [0.5, 0.6) is 5.75 Å². The maximum Gasteiger partial charge on any atom is 0.227 e. The molecule has 5 heteroatoms. The number of hydrogen-bond donors (Lipinski definition) is 2. The fraction of sp³-hybridized carbons (Fsp3) is 0. The topological polar surface area (TPSA) is 93.3 Å². The van der Waals surface area contributed by atoms with E-state index in [0.717, 1.165) is 6.08 Å². The summed E-state index contributed by atoms with van der Waals surface area (Å²) in [6.07, 6.45) is 1.10. The molecule has 2 aromatic rings. The third kappa shape index (κ3) is 1.76. The number of hydrogen-bond acceptors (Lipinski definition) is 5. The van der Waals surface area contributed by atoms with Gasteiger partial charge < -0.3 is 10.8 Å². The van der Waals surface area contributed by atoms with E-state index in [-0.39, 0.29) is 28.5 Å². The number of phenolic OH excluding ortho intramolecular Hbond substituents is 1. The SMILES string of the molecule is NC1=CC(=O)c2ccc(-c3ccccc3O)nc2C1=O. The van der Waals surface area contributed by atoms with Crippen LogP contribution in [0.15, 0.2) is 48.2 Å². The minimum Gasteiger partial charge on any atom is -0.507 e. The number of aromatic nitrogens is 1. The number of allylic oxidation sites excluding steroid dienone is 2. The quantitative estimate of drug-likeness (QED) is 0.819. The summed E-state index contributed by atoms with van der Waals surface area (Å²) in [5, 5.41) is 9.81. The average molecular weight is 266 g/mol. The summed E-state index contributed by atoms with van der Waals surface area (Å²) < 4.78 is 0. The summed E-state index contributed by atoms with van der Waals surface area (Å²) in [6, 6.07) is 9.75. The predicted molar refractivity (Wildman–Crippen MR) is 72.3 cm³/mol. The van der Waals surface area contributed by atoms with Crippen LogP contribution in [0.1, 0.15) is 20.8 Å². The molecular weight excluding hydrogens is 256 g/mol. The number of nitrogens with zero attached hydrogens (tertiary/aromatic N) is 1. The van der Waals surface area contributed by atoms with Crippen molar-refractivity contribution >= 4 is 11.6 Å². The van der Waals surface area contributed by atoms with E-state index in [1.165, 1.54) is 12.1 Å². The summed E-state index contributed by atoms with van der Waals surface area (Å²) in [5.41, 5.74) is 6.54. The summed E-state index contributed by atoms with van der Waals surface area (Å²) in [6.45, 7) is 0. The van der Waals surface area contributed by atoms with Gasteiger partial charge in [0.2, 0.25) is 5.78 Å². The number of carbonyl (C=O) groups excluding carboxylic acids is 2. The van der Waals surface area contributed by atoms with Crippen molar-refractivity contribution in [1.29, 1.82) is 0 Å². The Kier molecular flexibility index (Phi) is 2.61. The second-order valence-corrected chi connectivity index (χ2v) is 4.40. The van der Waals surface area contributed by atoms with Gasteiger partial charge in [-0.2, -0.15) is 0 Å². The zero-order chi connectivity index (χ0) is 14.3. The molecule has 1 heterocycles. The molecule has 0 saturated heterocycles. The van der Waals surface area contributed by atoms with Gasteiger partial charge in [0.25, 0.3) is 0 Å². The fourth-order valence-corrected chi connectivity index (χ4v) is 2.09. The van der Waals surface area contributed by atoms with E-state index < -0.39 is 5.78 Å². The highest BCUT2D eigenvalue weighted by Crippen LogP contribution is 2.29. The number of carbonyl (C=O) groups is 2. The smallest absolute Gasteiger partial charge is 0.227 e. The van der Waals surface area contributed by atoms with E-state index in [9.17, 15) is 14.7 Å². The monoisotopic (exact) mass is 266 g/mol. The number of phenols is 1. The van der Waals surface area contributed by atoms with Crippen LogP contribution < -0.4 is 5.73 Å². The first-order chi connectivity index (χ1) is 9.58. The van der Waals surface area contributed by atoms with Crippen molar-refractivity contribution in [2.75, 3.05) is 0 Å². The number of pyridine rings is 1. The van der Waals surface area contributed by atoms with E-state index in [2.05, 4.69) is 4.98 Å². The molecule has 98 valence electrons. The maximum atomic E-state index is 12.0. The Morgan fingerprint density at radius 3 is 2.50 bits per heavy atom. The molecule has 20 heavy (non-hydrogen) atoms. The van der Waals surface area contributed by atoms with E-state index in [1.54, 1.807) is 24.3 Å². The Labute approximate surface area is 114 Å². The van der Waals surface area contributed by atoms with Crippen molar-refractivity contribution in [3.8, 4) is 17.0 Å². The first kappa shape index (κ1) is 12.1. The molecule has 0 unspecified atom stereocenters. The third-order valence-electron chi connectivity index (χ3n) is 3.10. The zero-order valence-electron chi connectivity index (χ0n) is 10.3. The first-order valence-electron chi connectivity index (χ1n) is 5.93. The number of fused-ring (bicyclic) bond motifs is 1. The fourth-order valence-electron chi connectivity index (χ4n) is 2.09. The normalized spacial score (nSPS) is 13.9. The molecule has 0 saturated carbocycles. The van der Waals surface area contributed by atoms with Crippen LogP contribution in [-0.4, -0.2) is 21.7 Å². The molecular formula is C15H10N2O3. The van der Waals surface area contributed by atoms with E-state index >= 15 is 0 Å². The van der Waals surface area contributed by atoms with Crippen LogP contribution in [-0.2, 0) is 0 Å². The van der Waals surface area contributed by atoms with Crippen LogP contribution in [0, 0.1) is 0 Å². The first-order valence-corrected chi connectivity index (χ1v) is 5.93. The molecule has 0 aliphatic heterocycles. The Morgan fingerprint density at radius 1 is 1.00 bits per heavy atom.